The SMILES string of the molecule is Cc1cc(C)c(CCS(=O)(=O)CC(O)CC(=O)[O-])c(-c2ccc(F)c(C)c2)c1.[Na+]. The molecule has 0 radical (unpaired) electrons. The van der Waals surface area contributed by atoms with Gasteiger partial charge in [0.05, 0.1) is 17.6 Å². The van der Waals surface area contributed by atoms with E-state index in [9.17, 15) is 27.8 Å². The van der Waals surface area contributed by atoms with Crippen LogP contribution in [0.25, 0.3) is 11.1 Å². The third-order valence-corrected chi connectivity index (χ3v) is 6.32. The zero-order valence-corrected chi connectivity index (χ0v) is 20.0. The number of hydrogen-bond acceptors (Lipinski definition) is 5. The number of halogens is 1. The van der Waals surface area contributed by atoms with E-state index >= 15 is 0 Å². The Bertz CT molecular complexity index is 989. The molecule has 0 amide bonds. The van der Waals surface area contributed by atoms with Gasteiger partial charge in [-0.2, -0.15) is 0 Å². The van der Waals surface area contributed by atoms with E-state index < -0.39 is 34.1 Å². The predicted molar refractivity (Wildman–Crippen MR) is 104 cm³/mol. The van der Waals surface area contributed by atoms with Crippen LogP contribution < -0.4 is 34.7 Å². The first-order chi connectivity index (χ1) is 13.0. The van der Waals surface area contributed by atoms with Gasteiger partial charge in [-0.1, -0.05) is 23.8 Å². The zero-order chi connectivity index (χ0) is 21.1. The summed E-state index contributed by atoms with van der Waals surface area (Å²) in [5, 5.41) is 20.1. The maximum atomic E-state index is 13.6. The number of aliphatic hydroxyl groups excluding tert-OH is 1. The zero-order valence-electron chi connectivity index (χ0n) is 17.2. The quantitative estimate of drug-likeness (QED) is 0.536. The van der Waals surface area contributed by atoms with E-state index in [0.717, 1.165) is 27.8 Å². The summed E-state index contributed by atoms with van der Waals surface area (Å²) in [6.45, 7) is 5.49. The van der Waals surface area contributed by atoms with E-state index in [1.165, 1.54) is 6.07 Å². The number of sulfone groups is 1. The summed E-state index contributed by atoms with van der Waals surface area (Å²) in [5.41, 5.74) is 4.89. The molecule has 0 saturated heterocycles. The standard InChI is InChI=1S/C21H25FO5S.Na/c1-13-8-14(2)18(6-7-28(26,27)12-17(23)11-21(24)25)19(9-13)16-4-5-20(22)15(3)10-16;/h4-5,8-10,17,23H,6-7,11-12H2,1-3H3,(H,24,25);/q;+1/p-1. The van der Waals surface area contributed by atoms with E-state index in [2.05, 4.69) is 0 Å². The number of benzene rings is 2. The molecule has 152 valence electrons. The van der Waals surface area contributed by atoms with Crippen LogP contribution in [0.1, 0.15) is 28.7 Å². The second-order valence-electron chi connectivity index (χ2n) is 7.17. The van der Waals surface area contributed by atoms with Gasteiger partial charge in [-0.25, -0.2) is 12.8 Å². The number of carboxylic acids is 1. The van der Waals surface area contributed by atoms with Crippen LogP contribution >= 0.6 is 0 Å². The van der Waals surface area contributed by atoms with Crippen molar-refractivity contribution in [3.8, 4) is 11.1 Å². The molecule has 0 fully saturated rings. The second kappa shape index (κ2) is 10.7. The molecule has 8 heteroatoms. The van der Waals surface area contributed by atoms with Crippen LogP contribution in [0.3, 0.4) is 0 Å². The second-order valence-corrected chi connectivity index (χ2v) is 9.39. The van der Waals surface area contributed by atoms with Crippen molar-refractivity contribution >= 4 is 15.8 Å². The molecule has 1 N–H and O–H groups in total. The number of carbonyl (C=O) groups is 1. The molecule has 2 aromatic carbocycles. The number of carboxylic acid groups (broad SMARTS) is 1. The van der Waals surface area contributed by atoms with Gasteiger partial charge in [-0.05, 0) is 67.1 Å². The average molecular weight is 430 g/mol. The van der Waals surface area contributed by atoms with Crippen molar-refractivity contribution in [3.05, 3.63) is 58.4 Å². The fourth-order valence-corrected chi connectivity index (χ4v) is 4.67. The van der Waals surface area contributed by atoms with Crippen molar-refractivity contribution in [2.45, 2.75) is 39.7 Å². The van der Waals surface area contributed by atoms with Crippen LogP contribution in [0.15, 0.2) is 30.3 Å². The monoisotopic (exact) mass is 430 g/mol. The van der Waals surface area contributed by atoms with Crippen LogP contribution in [-0.4, -0.2) is 37.1 Å². The van der Waals surface area contributed by atoms with Crippen molar-refractivity contribution in [1.82, 2.24) is 0 Å². The van der Waals surface area contributed by atoms with Gasteiger partial charge in [0, 0.05) is 12.4 Å². The van der Waals surface area contributed by atoms with Crippen LogP contribution in [0, 0.1) is 26.6 Å². The maximum Gasteiger partial charge on any atom is 1.00 e. The van der Waals surface area contributed by atoms with Gasteiger partial charge in [-0.15, -0.1) is 0 Å². The van der Waals surface area contributed by atoms with Gasteiger partial charge >= 0.3 is 29.6 Å². The van der Waals surface area contributed by atoms with Crippen LogP contribution in [-0.2, 0) is 21.1 Å². The summed E-state index contributed by atoms with van der Waals surface area (Å²) in [4.78, 5) is 10.5. The molecule has 0 aliphatic rings. The number of rotatable bonds is 8. The summed E-state index contributed by atoms with van der Waals surface area (Å²) < 4.78 is 38.2. The number of aliphatic carboxylic acids is 1. The number of carbonyl (C=O) groups excluding carboxylic acids is 1. The molecule has 0 saturated carbocycles. The molecule has 0 aliphatic carbocycles. The number of aliphatic hydroxyl groups is 1. The molecule has 1 unspecified atom stereocenters. The summed E-state index contributed by atoms with van der Waals surface area (Å²) in [6.07, 6.45) is -2.01. The summed E-state index contributed by atoms with van der Waals surface area (Å²) >= 11 is 0. The largest absolute Gasteiger partial charge is 1.00 e. The molecular weight excluding hydrogens is 406 g/mol. The summed E-state index contributed by atoms with van der Waals surface area (Å²) in [7, 11) is -3.67. The average Bonchev–Trinajstić information content (AvgIpc) is 2.54. The molecular formula is C21H24FNaO5S. The molecule has 2 aromatic rings. The summed E-state index contributed by atoms with van der Waals surface area (Å²) in [6, 6.07) is 8.67. The van der Waals surface area contributed by atoms with Crippen molar-refractivity contribution in [3.63, 3.8) is 0 Å². The first kappa shape index (κ1) is 25.8. The normalized spacial score (nSPS) is 12.3. The predicted octanol–water partition coefficient (Wildman–Crippen LogP) is -1.12. The molecule has 2 rings (SSSR count). The molecule has 5 nitrogen and oxygen atoms in total. The Morgan fingerprint density at radius 2 is 1.79 bits per heavy atom. The van der Waals surface area contributed by atoms with Crippen molar-refractivity contribution in [2.24, 2.45) is 0 Å². The van der Waals surface area contributed by atoms with Gasteiger partial charge in [0.2, 0.25) is 0 Å². The molecule has 29 heavy (non-hydrogen) atoms. The van der Waals surface area contributed by atoms with Crippen molar-refractivity contribution in [2.75, 3.05) is 11.5 Å². The Morgan fingerprint density at radius 3 is 2.38 bits per heavy atom. The minimum Gasteiger partial charge on any atom is -0.550 e. The Kier molecular flexibility index (Phi) is 9.50. The molecule has 0 heterocycles. The Morgan fingerprint density at radius 1 is 1.14 bits per heavy atom. The Labute approximate surface area is 193 Å². The number of aryl methyl sites for hydroxylation is 3. The van der Waals surface area contributed by atoms with E-state index in [1.807, 2.05) is 26.0 Å². The Hall–Kier alpha value is -1.25. The van der Waals surface area contributed by atoms with Crippen molar-refractivity contribution < 1.29 is 57.4 Å². The molecule has 0 bridgehead atoms. The fraction of sp³-hybridized carbons (Fsp3) is 0.381. The van der Waals surface area contributed by atoms with E-state index in [-0.39, 0.29) is 47.5 Å². The minimum atomic E-state index is -3.67. The number of hydrogen-bond donors (Lipinski definition) is 1. The van der Waals surface area contributed by atoms with E-state index in [0.29, 0.717) is 5.56 Å². The summed E-state index contributed by atoms with van der Waals surface area (Å²) in [5.74, 6) is -2.66. The smallest absolute Gasteiger partial charge is 0.550 e. The van der Waals surface area contributed by atoms with Gasteiger partial charge in [-0.3, -0.25) is 0 Å². The molecule has 0 spiro atoms. The van der Waals surface area contributed by atoms with Crippen LogP contribution in [0.4, 0.5) is 4.39 Å². The van der Waals surface area contributed by atoms with E-state index in [4.69, 9.17) is 0 Å². The van der Waals surface area contributed by atoms with Gasteiger partial charge in [0.15, 0.2) is 9.84 Å². The van der Waals surface area contributed by atoms with Gasteiger partial charge in [0.25, 0.3) is 0 Å². The molecule has 1 atom stereocenters. The van der Waals surface area contributed by atoms with Gasteiger partial charge in [0.1, 0.15) is 5.82 Å². The van der Waals surface area contributed by atoms with Crippen LogP contribution in [0.2, 0.25) is 0 Å². The maximum absolute atomic E-state index is 13.6. The third kappa shape index (κ3) is 7.50. The minimum absolute atomic E-state index is 0. The third-order valence-electron chi connectivity index (χ3n) is 4.60. The van der Waals surface area contributed by atoms with E-state index in [1.54, 1.807) is 19.1 Å². The Balaban J connectivity index is 0.00000420. The van der Waals surface area contributed by atoms with Crippen LogP contribution in [0.5, 0.6) is 0 Å². The molecule has 0 aliphatic heterocycles. The van der Waals surface area contributed by atoms with Gasteiger partial charge < -0.3 is 15.0 Å². The first-order valence-electron chi connectivity index (χ1n) is 8.93. The topological polar surface area (TPSA) is 94.5 Å². The fourth-order valence-electron chi connectivity index (χ4n) is 3.28. The first-order valence-corrected chi connectivity index (χ1v) is 10.8. The van der Waals surface area contributed by atoms with Crippen molar-refractivity contribution in [1.29, 1.82) is 0 Å². The molecule has 0 aromatic heterocycles.